The van der Waals surface area contributed by atoms with E-state index in [1.165, 1.54) is 25.1 Å². The molecule has 6 nitrogen and oxygen atoms in total. The first-order valence-electron chi connectivity index (χ1n) is 4.94. The number of halogens is 1. The molecule has 0 saturated heterocycles. The van der Waals surface area contributed by atoms with E-state index < -0.39 is 18.6 Å². The molecule has 0 aliphatic carbocycles. The van der Waals surface area contributed by atoms with Crippen molar-refractivity contribution in [1.82, 2.24) is 0 Å². The van der Waals surface area contributed by atoms with Crippen LogP contribution >= 0.6 is 12.4 Å². The maximum Gasteiger partial charge on any atom is 0.492 e. The number of rotatable bonds is 4. The maximum atomic E-state index is 10.8. The van der Waals surface area contributed by atoms with E-state index >= 15 is 0 Å². The molecular formula is C10H15BClNO5. The molecule has 1 atom stereocenters. The summed E-state index contributed by atoms with van der Waals surface area (Å²) in [5, 5.41) is 36.2. The second-order valence-corrected chi connectivity index (χ2v) is 4.17. The molecule has 100 valence electrons. The third kappa shape index (κ3) is 3.88. The first-order valence-corrected chi connectivity index (χ1v) is 4.94. The van der Waals surface area contributed by atoms with Crippen molar-refractivity contribution < 1.29 is 25.1 Å². The minimum absolute atomic E-state index is 0. The van der Waals surface area contributed by atoms with Crippen LogP contribution in [0.4, 0.5) is 0 Å². The summed E-state index contributed by atoms with van der Waals surface area (Å²) in [6.07, 6.45) is 0.0162. The topological polar surface area (TPSA) is 124 Å². The Morgan fingerprint density at radius 1 is 1.44 bits per heavy atom. The fraction of sp³-hybridized carbons (Fsp3) is 0.300. The molecule has 0 amide bonds. The number of phenolic OH excluding ortho intramolecular Hbond substituents is 1. The van der Waals surface area contributed by atoms with E-state index in [9.17, 15) is 9.90 Å². The quantitative estimate of drug-likeness (QED) is 0.442. The van der Waals surface area contributed by atoms with Crippen molar-refractivity contribution in [3.05, 3.63) is 23.8 Å². The van der Waals surface area contributed by atoms with E-state index in [4.69, 9.17) is 20.9 Å². The highest BCUT2D eigenvalue weighted by molar-refractivity contribution is 6.59. The van der Waals surface area contributed by atoms with Crippen molar-refractivity contribution in [3.8, 4) is 5.75 Å². The maximum absolute atomic E-state index is 10.8. The second-order valence-electron chi connectivity index (χ2n) is 4.17. The normalized spacial score (nSPS) is 13.3. The number of carbonyl (C=O) groups is 1. The zero-order chi connectivity index (χ0) is 13.2. The van der Waals surface area contributed by atoms with Crippen molar-refractivity contribution in [2.75, 3.05) is 0 Å². The van der Waals surface area contributed by atoms with E-state index in [1.807, 2.05) is 0 Å². The number of phenols is 1. The first kappa shape index (κ1) is 16.7. The zero-order valence-corrected chi connectivity index (χ0v) is 10.5. The molecule has 0 radical (unpaired) electrons. The van der Waals surface area contributed by atoms with Gasteiger partial charge in [-0.3, -0.25) is 4.79 Å². The van der Waals surface area contributed by atoms with Crippen molar-refractivity contribution in [3.63, 3.8) is 0 Å². The molecule has 0 fully saturated rings. The minimum atomic E-state index is -1.82. The van der Waals surface area contributed by atoms with Gasteiger partial charge in [-0.05, 0) is 18.6 Å². The summed E-state index contributed by atoms with van der Waals surface area (Å²) in [4.78, 5) is 10.8. The highest BCUT2D eigenvalue weighted by atomic mass is 35.5. The standard InChI is InChI=1S/C10H14BNO5.ClH/c1-10(12,9(14)15)5-6-2-3-8(13)7(4-6)11(16)17;/h2-4,13,16-17H,5,12H2,1H3,(H,14,15);1H. The average molecular weight is 275 g/mol. The predicted molar refractivity (Wildman–Crippen MR) is 69.1 cm³/mol. The fourth-order valence-electron chi connectivity index (χ4n) is 1.42. The van der Waals surface area contributed by atoms with Gasteiger partial charge in [0.1, 0.15) is 11.3 Å². The SMILES string of the molecule is CC(N)(Cc1ccc(O)c(B(O)O)c1)C(=O)O.Cl. The van der Waals surface area contributed by atoms with Gasteiger partial charge in [0, 0.05) is 11.9 Å². The highest BCUT2D eigenvalue weighted by Gasteiger charge is 2.28. The predicted octanol–water partition coefficient (Wildman–Crippen LogP) is -1.16. The van der Waals surface area contributed by atoms with Crippen LogP contribution in [0.5, 0.6) is 5.75 Å². The molecule has 0 heterocycles. The Morgan fingerprint density at radius 2 is 2.00 bits per heavy atom. The van der Waals surface area contributed by atoms with Gasteiger partial charge in [0.2, 0.25) is 0 Å². The van der Waals surface area contributed by atoms with E-state index in [0.29, 0.717) is 5.56 Å². The second kappa shape index (κ2) is 6.06. The molecule has 0 aliphatic heterocycles. The third-order valence-corrected chi connectivity index (χ3v) is 2.43. The van der Waals surface area contributed by atoms with Gasteiger partial charge < -0.3 is 26.0 Å². The number of benzene rings is 1. The van der Waals surface area contributed by atoms with Crippen molar-refractivity contribution in [2.24, 2.45) is 5.73 Å². The van der Waals surface area contributed by atoms with Crippen LogP contribution < -0.4 is 11.2 Å². The van der Waals surface area contributed by atoms with Gasteiger partial charge in [0.05, 0.1) is 0 Å². The summed E-state index contributed by atoms with van der Waals surface area (Å²) < 4.78 is 0. The first-order chi connectivity index (χ1) is 7.74. The van der Waals surface area contributed by atoms with Gasteiger partial charge in [0.15, 0.2) is 0 Å². The lowest BCUT2D eigenvalue weighted by molar-refractivity contribution is -0.142. The molecule has 0 aliphatic rings. The molecule has 0 spiro atoms. The van der Waals surface area contributed by atoms with Gasteiger partial charge in [-0.25, -0.2) is 0 Å². The molecule has 18 heavy (non-hydrogen) atoms. The molecule has 8 heteroatoms. The fourth-order valence-corrected chi connectivity index (χ4v) is 1.42. The molecule has 6 N–H and O–H groups in total. The molecule has 1 rings (SSSR count). The summed E-state index contributed by atoms with van der Waals surface area (Å²) in [6.45, 7) is 1.36. The van der Waals surface area contributed by atoms with Gasteiger partial charge in [-0.15, -0.1) is 12.4 Å². The lowest BCUT2D eigenvalue weighted by Gasteiger charge is -2.19. The largest absolute Gasteiger partial charge is 0.508 e. The summed E-state index contributed by atoms with van der Waals surface area (Å²) in [6, 6.07) is 4.06. The molecule has 1 aromatic rings. The Bertz CT molecular complexity index is 438. The highest BCUT2D eigenvalue weighted by Crippen LogP contribution is 2.14. The minimum Gasteiger partial charge on any atom is -0.508 e. The van der Waals surface area contributed by atoms with Crippen LogP contribution in [0.25, 0.3) is 0 Å². The lowest BCUT2D eigenvalue weighted by atomic mass is 9.78. The third-order valence-electron chi connectivity index (χ3n) is 2.43. The molecule has 1 aromatic carbocycles. The van der Waals surface area contributed by atoms with E-state index in [-0.39, 0.29) is 30.0 Å². The summed E-state index contributed by atoms with van der Waals surface area (Å²) in [5.41, 5.74) is 4.54. The van der Waals surface area contributed by atoms with Crippen LogP contribution in [0.3, 0.4) is 0 Å². The summed E-state index contributed by atoms with van der Waals surface area (Å²) in [7, 11) is -1.82. The van der Waals surface area contributed by atoms with Crippen LogP contribution in [-0.4, -0.2) is 38.9 Å². The van der Waals surface area contributed by atoms with Crippen molar-refractivity contribution in [1.29, 1.82) is 0 Å². The van der Waals surface area contributed by atoms with Crippen LogP contribution in [0.15, 0.2) is 18.2 Å². The molecule has 0 saturated carbocycles. The van der Waals surface area contributed by atoms with Crippen molar-refractivity contribution >= 4 is 31.0 Å². The Morgan fingerprint density at radius 3 is 2.44 bits per heavy atom. The lowest BCUT2D eigenvalue weighted by Crippen LogP contribution is -2.47. The number of nitrogens with two attached hydrogens (primary N) is 1. The van der Waals surface area contributed by atoms with Gasteiger partial charge >= 0.3 is 13.1 Å². The number of carboxylic acid groups (broad SMARTS) is 1. The zero-order valence-electron chi connectivity index (χ0n) is 9.70. The Balaban J connectivity index is 0.00000289. The number of hydrogen-bond donors (Lipinski definition) is 5. The number of hydrogen-bond acceptors (Lipinski definition) is 5. The van der Waals surface area contributed by atoms with Gasteiger partial charge in [-0.1, -0.05) is 12.1 Å². The van der Waals surface area contributed by atoms with Gasteiger partial charge in [-0.2, -0.15) is 0 Å². The molecule has 0 bridgehead atoms. The molecular weight excluding hydrogens is 260 g/mol. The van der Waals surface area contributed by atoms with Crippen molar-refractivity contribution in [2.45, 2.75) is 18.9 Å². The van der Waals surface area contributed by atoms with Crippen LogP contribution in [0, 0.1) is 0 Å². The van der Waals surface area contributed by atoms with E-state index in [2.05, 4.69) is 0 Å². The van der Waals surface area contributed by atoms with Gasteiger partial charge in [0.25, 0.3) is 0 Å². The Labute approximate surface area is 111 Å². The van der Waals surface area contributed by atoms with Crippen LogP contribution in [-0.2, 0) is 11.2 Å². The molecule has 0 aromatic heterocycles. The number of aliphatic carboxylic acids is 1. The van der Waals surface area contributed by atoms with E-state index in [1.54, 1.807) is 0 Å². The average Bonchev–Trinajstić information content (AvgIpc) is 2.20. The summed E-state index contributed by atoms with van der Waals surface area (Å²) in [5.74, 6) is -1.42. The Kier molecular flexibility index (Phi) is 5.63. The number of aromatic hydroxyl groups is 1. The van der Waals surface area contributed by atoms with E-state index in [0.717, 1.165) is 0 Å². The smallest absolute Gasteiger partial charge is 0.492 e. The Hall–Kier alpha value is -1.28. The monoisotopic (exact) mass is 275 g/mol. The molecule has 1 unspecified atom stereocenters. The number of carboxylic acids is 1. The van der Waals surface area contributed by atoms with Crippen LogP contribution in [0.1, 0.15) is 12.5 Å². The summed E-state index contributed by atoms with van der Waals surface area (Å²) >= 11 is 0. The van der Waals surface area contributed by atoms with Crippen LogP contribution in [0.2, 0.25) is 0 Å².